The van der Waals surface area contributed by atoms with Gasteiger partial charge in [0.05, 0.1) is 5.69 Å². The first-order valence-electron chi connectivity index (χ1n) is 10.3. The van der Waals surface area contributed by atoms with Crippen molar-refractivity contribution in [3.8, 4) is 5.75 Å². The number of carbonyl (C=O) groups excluding carboxylic acids is 3. The van der Waals surface area contributed by atoms with E-state index in [0.717, 1.165) is 21.6 Å². The number of imide groups is 2. The van der Waals surface area contributed by atoms with Crippen molar-refractivity contribution in [2.45, 2.75) is 20.5 Å². The summed E-state index contributed by atoms with van der Waals surface area (Å²) in [6, 6.07) is 17.5. The Kier molecular flexibility index (Phi) is 6.04. The topological polar surface area (TPSA) is 75.7 Å². The Morgan fingerprint density at radius 3 is 2.33 bits per heavy atom. The van der Waals surface area contributed by atoms with Crippen LogP contribution in [-0.4, -0.2) is 17.8 Å². The Morgan fingerprint density at radius 2 is 1.64 bits per heavy atom. The summed E-state index contributed by atoms with van der Waals surface area (Å²) in [7, 11) is 0. The molecule has 1 saturated heterocycles. The van der Waals surface area contributed by atoms with Crippen LogP contribution < -0.4 is 15.0 Å². The normalized spacial score (nSPS) is 15.1. The van der Waals surface area contributed by atoms with E-state index in [1.54, 1.807) is 49.4 Å². The minimum atomic E-state index is -0.777. The number of rotatable bonds is 5. The van der Waals surface area contributed by atoms with Gasteiger partial charge in [-0.05, 0) is 72.5 Å². The first-order valence-corrected chi connectivity index (χ1v) is 10.3. The van der Waals surface area contributed by atoms with E-state index < -0.39 is 17.8 Å². The summed E-state index contributed by atoms with van der Waals surface area (Å²) in [6.07, 6.45) is 1.44. The summed E-state index contributed by atoms with van der Waals surface area (Å²) < 4.78 is 18.7. The minimum Gasteiger partial charge on any atom is -0.489 e. The number of aryl methyl sites for hydroxylation is 2. The number of urea groups is 1. The molecule has 0 spiro atoms. The fourth-order valence-corrected chi connectivity index (χ4v) is 3.41. The summed E-state index contributed by atoms with van der Waals surface area (Å²) in [6.45, 7) is 3.92. The molecule has 0 unspecified atom stereocenters. The van der Waals surface area contributed by atoms with Crippen molar-refractivity contribution < 1.29 is 23.5 Å². The fraction of sp³-hybridized carbons (Fsp3) is 0.115. The molecule has 4 amide bonds. The van der Waals surface area contributed by atoms with Crippen LogP contribution in [0, 0.1) is 19.7 Å². The third kappa shape index (κ3) is 4.82. The van der Waals surface area contributed by atoms with Crippen LogP contribution in [0.3, 0.4) is 0 Å². The molecule has 0 bridgehead atoms. The van der Waals surface area contributed by atoms with Gasteiger partial charge in [0.15, 0.2) is 0 Å². The molecule has 0 radical (unpaired) electrons. The molecule has 0 aliphatic carbocycles. The van der Waals surface area contributed by atoms with Crippen LogP contribution in [0.1, 0.15) is 22.3 Å². The van der Waals surface area contributed by atoms with Crippen LogP contribution >= 0.6 is 0 Å². The van der Waals surface area contributed by atoms with Gasteiger partial charge < -0.3 is 4.74 Å². The van der Waals surface area contributed by atoms with Crippen molar-refractivity contribution >= 4 is 29.6 Å². The molecule has 166 valence electrons. The average Bonchev–Trinajstić information content (AvgIpc) is 2.79. The molecule has 7 heteroatoms. The number of barbiturate groups is 1. The van der Waals surface area contributed by atoms with E-state index in [9.17, 15) is 18.8 Å². The quantitative estimate of drug-likeness (QED) is 0.458. The summed E-state index contributed by atoms with van der Waals surface area (Å²) in [5, 5.41) is 2.24. The smallest absolute Gasteiger partial charge is 0.335 e. The van der Waals surface area contributed by atoms with E-state index >= 15 is 0 Å². The average molecular weight is 444 g/mol. The van der Waals surface area contributed by atoms with Gasteiger partial charge in [0.25, 0.3) is 11.8 Å². The number of ether oxygens (including phenoxy) is 1. The Balaban J connectivity index is 1.54. The number of hydrogen-bond donors (Lipinski definition) is 1. The highest BCUT2D eigenvalue weighted by Gasteiger charge is 2.37. The lowest BCUT2D eigenvalue weighted by Crippen LogP contribution is -2.54. The standard InChI is InChI=1S/C26H21FN2O4/c1-16-3-4-17(2)23(13-16)29-25(31)22(24(30)28-26(29)32)14-18-7-11-21(12-8-18)33-15-19-5-9-20(27)10-6-19/h3-14H,15H2,1-2H3,(H,28,30,32)/b22-14+. The monoisotopic (exact) mass is 444 g/mol. The van der Waals surface area contributed by atoms with Gasteiger partial charge in [0.1, 0.15) is 23.7 Å². The molecule has 4 rings (SSSR count). The van der Waals surface area contributed by atoms with E-state index in [-0.39, 0.29) is 18.0 Å². The number of benzene rings is 3. The van der Waals surface area contributed by atoms with E-state index in [1.165, 1.54) is 18.2 Å². The van der Waals surface area contributed by atoms with Gasteiger partial charge in [-0.3, -0.25) is 14.9 Å². The van der Waals surface area contributed by atoms with Gasteiger partial charge in [-0.15, -0.1) is 0 Å². The third-order valence-corrected chi connectivity index (χ3v) is 5.22. The number of nitrogens with one attached hydrogen (secondary N) is 1. The van der Waals surface area contributed by atoms with E-state index in [4.69, 9.17) is 4.74 Å². The number of halogens is 1. The number of anilines is 1. The minimum absolute atomic E-state index is 0.143. The second-order valence-corrected chi connectivity index (χ2v) is 7.73. The van der Waals surface area contributed by atoms with E-state index in [0.29, 0.717) is 17.0 Å². The van der Waals surface area contributed by atoms with Crippen molar-refractivity contribution in [1.82, 2.24) is 5.32 Å². The Morgan fingerprint density at radius 1 is 0.939 bits per heavy atom. The summed E-state index contributed by atoms with van der Waals surface area (Å²) in [4.78, 5) is 38.9. The Hall–Kier alpha value is -4.26. The van der Waals surface area contributed by atoms with Gasteiger partial charge in [-0.1, -0.05) is 36.4 Å². The zero-order valence-corrected chi connectivity index (χ0v) is 18.1. The van der Waals surface area contributed by atoms with Crippen LogP contribution in [0.2, 0.25) is 0 Å². The zero-order valence-electron chi connectivity index (χ0n) is 18.1. The van der Waals surface area contributed by atoms with E-state index in [1.807, 2.05) is 19.1 Å². The fourth-order valence-electron chi connectivity index (χ4n) is 3.41. The summed E-state index contributed by atoms with van der Waals surface area (Å²) in [5.74, 6) is -1.17. The second kappa shape index (κ2) is 9.08. The van der Waals surface area contributed by atoms with Crippen molar-refractivity contribution in [3.63, 3.8) is 0 Å². The molecule has 1 aliphatic heterocycles. The van der Waals surface area contributed by atoms with Crippen LogP contribution in [0.25, 0.3) is 6.08 Å². The molecule has 1 N–H and O–H groups in total. The van der Waals surface area contributed by atoms with Crippen LogP contribution in [0.15, 0.2) is 72.3 Å². The number of carbonyl (C=O) groups is 3. The molecular weight excluding hydrogens is 423 g/mol. The maximum Gasteiger partial charge on any atom is 0.335 e. The van der Waals surface area contributed by atoms with Crippen LogP contribution in [0.5, 0.6) is 5.75 Å². The van der Waals surface area contributed by atoms with Gasteiger partial charge in [-0.2, -0.15) is 0 Å². The highest BCUT2D eigenvalue weighted by atomic mass is 19.1. The molecule has 33 heavy (non-hydrogen) atoms. The number of nitrogens with zero attached hydrogens (tertiary/aromatic N) is 1. The Bertz CT molecular complexity index is 1260. The number of hydrogen-bond acceptors (Lipinski definition) is 4. The molecule has 1 fully saturated rings. The predicted octanol–water partition coefficient (Wildman–Crippen LogP) is 4.69. The lowest BCUT2D eigenvalue weighted by atomic mass is 10.0. The second-order valence-electron chi connectivity index (χ2n) is 7.73. The SMILES string of the molecule is Cc1ccc(C)c(N2C(=O)NC(=O)/C(=C\c3ccc(OCc4ccc(F)cc4)cc3)C2=O)c1. The van der Waals surface area contributed by atoms with Crippen molar-refractivity contribution in [3.05, 3.63) is 100 Å². The highest BCUT2D eigenvalue weighted by Crippen LogP contribution is 2.26. The van der Waals surface area contributed by atoms with Gasteiger partial charge in [0, 0.05) is 0 Å². The molecule has 1 aliphatic rings. The molecule has 6 nitrogen and oxygen atoms in total. The van der Waals surface area contributed by atoms with Crippen molar-refractivity contribution in [2.24, 2.45) is 0 Å². The highest BCUT2D eigenvalue weighted by molar-refractivity contribution is 6.39. The molecule has 0 atom stereocenters. The predicted molar refractivity (Wildman–Crippen MR) is 122 cm³/mol. The zero-order chi connectivity index (χ0) is 23.5. The maximum absolute atomic E-state index is 13.1. The van der Waals surface area contributed by atoms with Crippen LogP contribution in [0.4, 0.5) is 14.9 Å². The lowest BCUT2D eigenvalue weighted by molar-refractivity contribution is -0.122. The maximum atomic E-state index is 13.1. The molecule has 0 saturated carbocycles. The van der Waals surface area contributed by atoms with Crippen LogP contribution in [-0.2, 0) is 16.2 Å². The molecule has 3 aromatic rings. The van der Waals surface area contributed by atoms with Gasteiger partial charge in [-0.25, -0.2) is 14.1 Å². The summed E-state index contributed by atoms with van der Waals surface area (Å²) in [5.41, 5.74) is 3.33. The molecular formula is C26H21FN2O4. The first kappa shape index (κ1) is 22.0. The van der Waals surface area contributed by atoms with Gasteiger partial charge >= 0.3 is 6.03 Å². The third-order valence-electron chi connectivity index (χ3n) is 5.22. The number of amides is 4. The molecule has 0 aromatic heterocycles. The lowest BCUT2D eigenvalue weighted by Gasteiger charge is -2.27. The van der Waals surface area contributed by atoms with Gasteiger partial charge in [0.2, 0.25) is 0 Å². The molecule has 1 heterocycles. The van der Waals surface area contributed by atoms with Crippen molar-refractivity contribution in [2.75, 3.05) is 4.90 Å². The largest absolute Gasteiger partial charge is 0.489 e. The Labute approximate surface area is 190 Å². The summed E-state index contributed by atoms with van der Waals surface area (Å²) >= 11 is 0. The van der Waals surface area contributed by atoms with Crippen molar-refractivity contribution in [1.29, 1.82) is 0 Å². The first-order chi connectivity index (χ1) is 15.8. The van der Waals surface area contributed by atoms with E-state index in [2.05, 4.69) is 5.32 Å². The molecule has 3 aromatic carbocycles.